The van der Waals surface area contributed by atoms with E-state index in [4.69, 9.17) is 4.98 Å². The van der Waals surface area contributed by atoms with Gasteiger partial charge in [0.25, 0.3) is 0 Å². The van der Waals surface area contributed by atoms with E-state index in [-0.39, 0.29) is 0 Å². The molecule has 0 atom stereocenters. The number of rotatable bonds is 3. The van der Waals surface area contributed by atoms with Gasteiger partial charge < -0.3 is 0 Å². The van der Waals surface area contributed by atoms with Gasteiger partial charge in [0.1, 0.15) is 0 Å². The molecule has 22 heavy (non-hydrogen) atoms. The van der Waals surface area contributed by atoms with E-state index in [0.717, 1.165) is 35.6 Å². The second-order valence-corrected chi connectivity index (χ2v) is 5.35. The van der Waals surface area contributed by atoms with Crippen molar-refractivity contribution in [2.45, 2.75) is 31.6 Å². The minimum absolute atomic E-state index is 0.894. The highest BCUT2D eigenvalue weighted by atomic mass is 32.2. The van der Waals surface area contributed by atoms with E-state index in [1.807, 2.05) is 38.3 Å². The number of hydrogen-bond acceptors (Lipinski definition) is 4. The van der Waals surface area contributed by atoms with Gasteiger partial charge in [0.05, 0.1) is 22.8 Å². The van der Waals surface area contributed by atoms with Gasteiger partial charge in [0, 0.05) is 17.3 Å². The Labute approximate surface area is 136 Å². The van der Waals surface area contributed by atoms with Crippen LogP contribution in [0.15, 0.2) is 52.5 Å². The van der Waals surface area contributed by atoms with Gasteiger partial charge in [-0.05, 0) is 43.4 Å². The SMILES string of the molecule is CC.CSc1cc(C2=CCCC=N2)nc(-c2ccccn2)c1. The molecule has 0 N–H and O–H groups in total. The Hall–Kier alpha value is -1.94. The molecule has 0 fully saturated rings. The van der Waals surface area contributed by atoms with Crippen LogP contribution in [0.2, 0.25) is 0 Å². The molecule has 0 saturated heterocycles. The van der Waals surface area contributed by atoms with Crippen molar-refractivity contribution in [1.29, 1.82) is 0 Å². The number of pyridine rings is 2. The summed E-state index contributed by atoms with van der Waals surface area (Å²) in [5.74, 6) is 0. The molecular formula is C18H21N3S. The van der Waals surface area contributed by atoms with Crippen molar-refractivity contribution in [2.24, 2.45) is 4.99 Å². The molecule has 1 aliphatic rings. The second kappa shape index (κ2) is 8.49. The van der Waals surface area contributed by atoms with Crippen molar-refractivity contribution in [1.82, 2.24) is 9.97 Å². The van der Waals surface area contributed by atoms with Gasteiger partial charge in [0.15, 0.2) is 0 Å². The molecule has 0 unspecified atom stereocenters. The quantitative estimate of drug-likeness (QED) is 0.740. The zero-order chi connectivity index (χ0) is 15.8. The van der Waals surface area contributed by atoms with E-state index in [1.165, 1.54) is 4.90 Å². The van der Waals surface area contributed by atoms with Gasteiger partial charge in [-0.15, -0.1) is 11.8 Å². The summed E-state index contributed by atoms with van der Waals surface area (Å²) < 4.78 is 0. The molecule has 0 spiro atoms. The summed E-state index contributed by atoms with van der Waals surface area (Å²) in [5.41, 5.74) is 3.68. The van der Waals surface area contributed by atoms with Gasteiger partial charge in [0.2, 0.25) is 0 Å². The molecular weight excluding hydrogens is 290 g/mol. The fraction of sp³-hybridized carbons (Fsp3) is 0.278. The predicted molar refractivity (Wildman–Crippen MR) is 96.3 cm³/mol. The molecule has 0 amide bonds. The molecule has 4 heteroatoms. The van der Waals surface area contributed by atoms with Crippen LogP contribution in [0.4, 0.5) is 0 Å². The maximum absolute atomic E-state index is 4.72. The highest BCUT2D eigenvalue weighted by Crippen LogP contribution is 2.27. The lowest BCUT2D eigenvalue weighted by Gasteiger charge is -2.09. The zero-order valence-electron chi connectivity index (χ0n) is 13.3. The minimum Gasteiger partial charge on any atom is -0.259 e. The first-order chi connectivity index (χ1) is 10.9. The molecule has 3 heterocycles. The van der Waals surface area contributed by atoms with Crippen LogP contribution in [-0.2, 0) is 0 Å². The summed E-state index contributed by atoms with van der Waals surface area (Å²) in [6.45, 7) is 4.00. The first-order valence-corrected chi connectivity index (χ1v) is 8.80. The smallest absolute Gasteiger partial charge is 0.0905 e. The molecule has 1 aliphatic heterocycles. The summed E-state index contributed by atoms with van der Waals surface area (Å²) >= 11 is 1.71. The summed E-state index contributed by atoms with van der Waals surface area (Å²) in [4.78, 5) is 14.7. The molecule has 2 aromatic heterocycles. The second-order valence-electron chi connectivity index (χ2n) is 4.47. The van der Waals surface area contributed by atoms with E-state index in [2.05, 4.69) is 34.4 Å². The molecule has 0 radical (unpaired) electrons. The highest BCUT2D eigenvalue weighted by molar-refractivity contribution is 7.98. The number of nitrogens with zero attached hydrogens (tertiary/aromatic N) is 3. The Kier molecular flexibility index (Phi) is 6.34. The summed E-state index contributed by atoms with van der Waals surface area (Å²) in [6, 6.07) is 10.0. The van der Waals surface area contributed by atoms with E-state index in [0.29, 0.717) is 0 Å². The summed E-state index contributed by atoms with van der Waals surface area (Å²) in [7, 11) is 0. The van der Waals surface area contributed by atoms with Crippen molar-refractivity contribution in [2.75, 3.05) is 6.26 Å². The Morgan fingerprint density at radius 3 is 2.45 bits per heavy atom. The molecule has 114 valence electrons. The highest BCUT2D eigenvalue weighted by Gasteiger charge is 2.10. The van der Waals surface area contributed by atoms with Crippen molar-refractivity contribution >= 4 is 23.7 Å². The van der Waals surface area contributed by atoms with E-state index in [9.17, 15) is 0 Å². The van der Waals surface area contributed by atoms with Crippen molar-refractivity contribution < 1.29 is 0 Å². The Morgan fingerprint density at radius 2 is 1.82 bits per heavy atom. The Bertz CT molecular complexity index is 663. The van der Waals surface area contributed by atoms with Gasteiger partial charge in [-0.2, -0.15) is 0 Å². The largest absolute Gasteiger partial charge is 0.259 e. The van der Waals surface area contributed by atoms with Gasteiger partial charge >= 0.3 is 0 Å². The fourth-order valence-corrected chi connectivity index (χ4v) is 2.54. The number of hydrogen-bond donors (Lipinski definition) is 0. The monoisotopic (exact) mass is 311 g/mol. The molecule has 0 saturated carbocycles. The van der Waals surface area contributed by atoms with Crippen LogP contribution in [0.5, 0.6) is 0 Å². The molecule has 0 aliphatic carbocycles. The van der Waals surface area contributed by atoms with E-state index < -0.39 is 0 Å². The molecule has 2 aromatic rings. The van der Waals surface area contributed by atoms with Crippen LogP contribution in [0.25, 0.3) is 17.1 Å². The van der Waals surface area contributed by atoms with Crippen LogP contribution in [0.3, 0.4) is 0 Å². The van der Waals surface area contributed by atoms with Crippen molar-refractivity contribution in [3.05, 3.63) is 48.3 Å². The average Bonchev–Trinajstić information content (AvgIpc) is 2.64. The maximum Gasteiger partial charge on any atom is 0.0905 e. The van der Waals surface area contributed by atoms with E-state index >= 15 is 0 Å². The minimum atomic E-state index is 0.894. The van der Waals surface area contributed by atoms with Crippen LogP contribution in [0.1, 0.15) is 32.4 Å². The lowest BCUT2D eigenvalue weighted by molar-refractivity contribution is 1.08. The first kappa shape index (κ1) is 16.4. The van der Waals surface area contributed by atoms with Crippen LogP contribution in [-0.4, -0.2) is 22.4 Å². The van der Waals surface area contributed by atoms with Gasteiger partial charge in [-0.3, -0.25) is 9.98 Å². The third kappa shape index (κ3) is 4.04. The third-order valence-corrected chi connectivity index (χ3v) is 3.80. The number of aliphatic imine (C=N–C) groups is 1. The molecule has 3 nitrogen and oxygen atoms in total. The van der Waals surface area contributed by atoms with E-state index in [1.54, 1.807) is 18.0 Å². The van der Waals surface area contributed by atoms with Crippen LogP contribution >= 0.6 is 11.8 Å². The number of aromatic nitrogens is 2. The van der Waals surface area contributed by atoms with Crippen molar-refractivity contribution in [3.8, 4) is 11.4 Å². The standard InChI is InChI=1S/C16H15N3S.C2H6/c1-20-12-10-15(13-6-2-4-8-17-13)19-16(11-12)14-7-3-5-9-18-14;1-2/h2,4,6-11H,3,5H2,1H3;1-2H3. The topological polar surface area (TPSA) is 38.1 Å². The number of thioether (sulfide) groups is 1. The van der Waals surface area contributed by atoms with Gasteiger partial charge in [-0.1, -0.05) is 26.0 Å². The summed E-state index contributed by atoms with van der Waals surface area (Å²) in [5, 5.41) is 0. The first-order valence-electron chi connectivity index (χ1n) is 7.57. The third-order valence-electron chi connectivity index (χ3n) is 3.09. The van der Waals surface area contributed by atoms with Gasteiger partial charge in [-0.25, -0.2) is 4.98 Å². The fourth-order valence-electron chi connectivity index (χ4n) is 2.08. The summed E-state index contributed by atoms with van der Waals surface area (Å²) in [6.07, 6.45) is 10.0. The maximum atomic E-state index is 4.72. The average molecular weight is 311 g/mol. The molecule has 0 aromatic carbocycles. The Morgan fingerprint density at radius 1 is 1.00 bits per heavy atom. The number of allylic oxidation sites excluding steroid dienone is 1. The predicted octanol–water partition coefficient (Wildman–Crippen LogP) is 5.10. The van der Waals surface area contributed by atoms with Crippen LogP contribution in [0, 0.1) is 0 Å². The molecule has 3 rings (SSSR count). The normalized spacial score (nSPS) is 13.1. The Balaban J connectivity index is 0.000000847. The molecule has 0 bridgehead atoms. The zero-order valence-corrected chi connectivity index (χ0v) is 14.1. The van der Waals surface area contributed by atoms with Crippen LogP contribution < -0.4 is 0 Å². The lowest BCUT2D eigenvalue weighted by atomic mass is 10.1. The van der Waals surface area contributed by atoms with Crippen molar-refractivity contribution in [3.63, 3.8) is 0 Å². The lowest BCUT2D eigenvalue weighted by Crippen LogP contribution is -1.96.